The Morgan fingerprint density at radius 3 is 2.38 bits per heavy atom. The number of rotatable bonds is 11. The summed E-state index contributed by atoms with van der Waals surface area (Å²) in [6.07, 6.45) is 2.91. The number of benzene rings is 1. The van der Waals surface area contributed by atoms with Crippen LogP contribution >= 0.6 is 24.0 Å². The molecule has 0 heterocycles. The monoisotopic (exact) mass is 538 g/mol. The average Bonchev–Trinajstić information content (AvgIpc) is 2.63. The number of hydrogen-bond acceptors (Lipinski definition) is 4. The van der Waals surface area contributed by atoms with Crippen LogP contribution in [0, 0.1) is 5.41 Å². The van der Waals surface area contributed by atoms with Crippen LogP contribution in [0.2, 0.25) is 0 Å². The van der Waals surface area contributed by atoms with E-state index in [1.165, 1.54) is 11.8 Å². The molecule has 0 amide bonds. The Morgan fingerprint density at radius 2 is 1.83 bits per heavy atom. The van der Waals surface area contributed by atoms with Gasteiger partial charge in [0.1, 0.15) is 9.84 Å². The van der Waals surface area contributed by atoms with Gasteiger partial charge < -0.3 is 10.6 Å². The van der Waals surface area contributed by atoms with E-state index in [0.29, 0.717) is 19.0 Å². The molecular weight excluding hydrogens is 499 g/mol. The third kappa shape index (κ3) is 13.1. The Labute approximate surface area is 194 Å². The Hall–Kier alpha value is -0.870. The summed E-state index contributed by atoms with van der Waals surface area (Å²) in [5.74, 6) is 0.962. The zero-order chi connectivity index (χ0) is 21.2. The van der Waals surface area contributed by atoms with Gasteiger partial charge in [-0.1, -0.05) is 44.2 Å². The van der Waals surface area contributed by atoms with E-state index in [-0.39, 0.29) is 35.1 Å². The topological polar surface area (TPSA) is 73.8 Å². The lowest BCUT2D eigenvalue weighted by Crippen LogP contribution is -2.43. The summed E-state index contributed by atoms with van der Waals surface area (Å²) in [7, 11) is 0.967. The molecule has 0 aromatic heterocycles. The molecule has 0 aliphatic rings. The van der Waals surface area contributed by atoms with Crippen molar-refractivity contribution in [3.63, 3.8) is 0 Å². The maximum Gasteiger partial charge on any atom is 0.190 e. The fourth-order valence-corrected chi connectivity index (χ4v) is 3.66. The summed E-state index contributed by atoms with van der Waals surface area (Å²) in [5.41, 5.74) is 1.20. The fraction of sp³-hybridized carbons (Fsp3) is 0.667. The van der Waals surface area contributed by atoms with Crippen molar-refractivity contribution in [2.45, 2.75) is 46.2 Å². The predicted octanol–water partition coefficient (Wildman–Crippen LogP) is 3.14. The summed E-state index contributed by atoms with van der Waals surface area (Å²) in [6.45, 7) is 8.80. The summed E-state index contributed by atoms with van der Waals surface area (Å²) in [5, 5.41) is 6.68. The molecule has 1 aromatic rings. The first-order chi connectivity index (χ1) is 13.0. The number of guanidine groups is 1. The molecule has 0 saturated heterocycles. The van der Waals surface area contributed by atoms with Gasteiger partial charge in [0.05, 0.1) is 5.75 Å². The first-order valence-electron chi connectivity index (χ1n) is 9.89. The highest BCUT2D eigenvalue weighted by atomic mass is 127. The molecule has 0 radical (unpaired) electrons. The first-order valence-corrected chi connectivity index (χ1v) is 11.9. The van der Waals surface area contributed by atoms with Crippen molar-refractivity contribution >= 4 is 39.8 Å². The molecule has 1 rings (SSSR count). The molecule has 1 atom stereocenters. The minimum Gasteiger partial charge on any atom is -0.356 e. The molecule has 0 aliphatic carbocycles. The number of halogens is 1. The lowest BCUT2D eigenvalue weighted by molar-refractivity contribution is 0.238. The van der Waals surface area contributed by atoms with Gasteiger partial charge in [-0.2, -0.15) is 0 Å². The van der Waals surface area contributed by atoms with E-state index in [4.69, 9.17) is 0 Å². The zero-order valence-corrected chi connectivity index (χ0v) is 21.9. The minimum absolute atomic E-state index is 0. The molecule has 0 saturated carbocycles. The lowest BCUT2D eigenvalue weighted by Gasteiger charge is -2.27. The SMILES string of the molecule is CN=C(NCCC(C)N(C)Cc1ccccc1)NCC(C)(C)CCS(C)(=O)=O.I. The summed E-state index contributed by atoms with van der Waals surface area (Å²) < 4.78 is 22.8. The van der Waals surface area contributed by atoms with Gasteiger partial charge in [-0.05, 0) is 37.8 Å². The summed E-state index contributed by atoms with van der Waals surface area (Å²) >= 11 is 0. The largest absolute Gasteiger partial charge is 0.356 e. The second-order valence-corrected chi connectivity index (χ2v) is 10.7. The van der Waals surface area contributed by atoms with Crippen LogP contribution in [0.25, 0.3) is 0 Å². The van der Waals surface area contributed by atoms with Crippen LogP contribution in [0.4, 0.5) is 0 Å². The molecule has 29 heavy (non-hydrogen) atoms. The second-order valence-electron chi connectivity index (χ2n) is 8.44. The highest BCUT2D eigenvalue weighted by Gasteiger charge is 2.20. The zero-order valence-electron chi connectivity index (χ0n) is 18.7. The number of nitrogens with one attached hydrogen (secondary N) is 2. The quantitative estimate of drug-likeness (QED) is 0.257. The first kappa shape index (κ1) is 28.1. The van der Waals surface area contributed by atoms with Gasteiger partial charge in [0.15, 0.2) is 5.96 Å². The molecule has 1 unspecified atom stereocenters. The third-order valence-corrected chi connectivity index (χ3v) is 5.94. The van der Waals surface area contributed by atoms with Gasteiger partial charge in [0, 0.05) is 39.0 Å². The van der Waals surface area contributed by atoms with Crippen molar-refractivity contribution in [2.75, 3.05) is 39.2 Å². The average molecular weight is 539 g/mol. The Morgan fingerprint density at radius 1 is 1.21 bits per heavy atom. The number of hydrogen-bond donors (Lipinski definition) is 2. The molecule has 2 N–H and O–H groups in total. The fourth-order valence-electron chi connectivity index (χ4n) is 2.74. The van der Waals surface area contributed by atoms with Crippen LogP contribution in [0.15, 0.2) is 35.3 Å². The van der Waals surface area contributed by atoms with Gasteiger partial charge in [0.2, 0.25) is 0 Å². The normalized spacial score (nSPS) is 13.7. The molecule has 0 fully saturated rings. The Kier molecular flexibility index (Phi) is 13.0. The van der Waals surface area contributed by atoms with E-state index in [2.05, 4.69) is 72.6 Å². The van der Waals surface area contributed by atoms with Crippen LogP contribution in [0.3, 0.4) is 0 Å². The molecule has 0 aliphatic heterocycles. The van der Waals surface area contributed by atoms with Crippen molar-refractivity contribution < 1.29 is 8.42 Å². The van der Waals surface area contributed by atoms with E-state index in [1.54, 1.807) is 7.05 Å². The molecule has 168 valence electrons. The molecular formula is C21H39IN4O2S. The molecule has 8 heteroatoms. The van der Waals surface area contributed by atoms with E-state index in [1.807, 2.05) is 6.07 Å². The van der Waals surface area contributed by atoms with Crippen LogP contribution in [0.1, 0.15) is 39.2 Å². The number of sulfone groups is 1. The van der Waals surface area contributed by atoms with E-state index in [9.17, 15) is 8.42 Å². The van der Waals surface area contributed by atoms with Crippen LogP contribution in [0.5, 0.6) is 0 Å². The van der Waals surface area contributed by atoms with Gasteiger partial charge in [0.25, 0.3) is 0 Å². The van der Waals surface area contributed by atoms with Crippen molar-refractivity contribution in [1.29, 1.82) is 0 Å². The smallest absolute Gasteiger partial charge is 0.190 e. The lowest BCUT2D eigenvalue weighted by atomic mass is 9.90. The standard InChI is InChI=1S/C21H38N4O2S.HI/c1-18(25(5)16-19-10-8-7-9-11-19)12-14-23-20(22-4)24-17-21(2,3)13-15-28(6,26)27;/h7-11,18H,12-17H2,1-6H3,(H2,22,23,24);1H. The van der Waals surface area contributed by atoms with Gasteiger partial charge in [-0.3, -0.25) is 9.89 Å². The Balaban J connectivity index is 0.00000784. The third-order valence-electron chi connectivity index (χ3n) is 4.99. The van der Waals surface area contributed by atoms with Gasteiger partial charge in [-0.25, -0.2) is 8.42 Å². The van der Waals surface area contributed by atoms with Crippen LogP contribution in [-0.4, -0.2) is 64.5 Å². The number of aliphatic imine (C=N–C) groups is 1. The maximum absolute atomic E-state index is 11.4. The van der Waals surface area contributed by atoms with Crippen molar-refractivity contribution in [3.05, 3.63) is 35.9 Å². The number of nitrogens with zero attached hydrogens (tertiary/aromatic N) is 2. The predicted molar refractivity (Wildman–Crippen MR) is 135 cm³/mol. The van der Waals surface area contributed by atoms with Crippen LogP contribution < -0.4 is 10.6 Å². The van der Waals surface area contributed by atoms with Crippen molar-refractivity contribution in [1.82, 2.24) is 15.5 Å². The van der Waals surface area contributed by atoms with E-state index in [0.717, 1.165) is 25.5 Å². The maximum atomic E-state index is 11.4. The van der Waals surface area contributed by atoms with Gasteiger partial charge >= 0.3 is 0 Å². The highest BCUT2D eigenvalue weighted by molar-refractivity contribution is 14.0. The van der Waals surface area contributed by atoms with Gasteiger partial charge in [-0.15, -0.1) is 24.0 Å². The van der Waals surface area contributed by atoms with Crippen LogP contribution in [-0.2, 0) is 16.4 Å². The Bertz CT molecular complexity index is 709. The molecule has 0 bridgehead atoms. The van der Waals surface area contributed by atoms with E-state index >= 15 is 0 Å². The van der Waals surface area contributed by atoms with Crippen molar-refractivity contribution in [2.24, 2.45) is 10.4 Å². The van der Waals surface area contributed by atoms with Crippen molar-refractivity contribution in [3.8, 4) is 0 Å². The van der Waals surface area contributed by atoms with E-state index < -0.39 is 9.84 Å². The minimum atomic E-state index is -2.93. The summed E-state index contributed by atoms with van der Waals surface area (Å²) in [6, 6.07) is 10.9. The molecule has 0 spiro atoms. The second kappa shape index (κ2) is 13.4. The molecule has 1 aromatic carbocycles. The highest BCUT2D eigenvalue weighted by Crippen LogP contribution is 2.19. The molecule has 6 nitrogen and oxygen atoms in total. The summed E-state index contributed by atoms with van der Waals surface area (Å²) in [4.78, 5) is 6.62.